The summed E-state index contributed by atoms with van der Waals surface area (Å²) in [6.45, 7) is 2.82. The van der Waals surface area contributed by atoms with Crippen molar-refractivity contribution in [3.05, 3.63) is 0 Å². The van der Waals surface area contributed by atoms with Gasteiger partial charge in [0.2, 0.25) is 11.8 Å². The molecule has 0 bridgehead atoms. The lowest BCUT2D eigenvalue weighted by atomic mass is 10.1. The monoisotopic (exact) mass is 210 g/mol. The number of ketones is 1. The van der Waals surface area contributed by atoms with Crippen LogP contribution in [0.3, 0.4) is 0 Å². The van der Waals surface area contributed by atoms with Crippen LogP contribution in [0.25, 0.3) is 0 Å². The fourth-order valence-electron chi connectivity index (χ4n) is 2.18. The molecule has 5 heteroatoms. The van der Waals surface area contributed by atoms with Crippen LogP contribution in [0.4, 0.5) is 0 Å². The second kappa shape index (κ2) is 3.64. The Morgan fingerprint density at radius 1 is 1.27 bits per heavy atom. The van der Waals surface area contributed by atoms with Crippen molar-refractivity contribution < 1.29 is 14.4 Å². The van der Waals surface area contributed by atoms with Gasteiger partial charge in [-0.25, -0.2) is 0 Å². The molecule has 2 aliphatic rings. The third-order valence-corrected chi connectivity index (χ3v) is 2.88. The van der Waals surface area contributed by atoms with Gasteiger partial charge in [0.05, 0.1) is 13.1 Å². The fraction of sp³-hybridized carbons (Fsp3) is 0.700. The topological polar surface area (TPSA) is 57.7 Å². The van der Waals surface area contributed by atoms with E-state index in [4.69, 9.17) is 0 Å². The Kier molecular flexibility index (Phi) is 2.46. The van der Waals surface area contributed by atoms with E-state index in [1.54, 1.807) is 4.90 Å². The van der Waals surface area contributed by atoms with E-state index in [0.717, 1.165) is 6.42 Å². The van der Waals surface area contributed by atoms with Crippen LogP contribution in [-0.4, -0.2) is 53.1 Å². The molecule has 0 N–H and O–H groups in total. The number of amides is 2. The van der Waals surface area contributed by atoms with Crippen molar-refractivity contribution in [2.45, 2.75) is 25.8 Å². The highest BCUT2D eigenvalue weighted by Gasteiger charge is 2.44. The van der Waals surface area contributed by atoms with Crippen LogP contribution in [-0.2, 0) is 14.4 Å². The smallest absolute Gasteiger partial charge is 0.246 e. The number of rotatable bonds is 2. The van der Waals surface area contributed by atoms with Crippen LogP contribution < -0.4 is 0 Å². The van der Waals surface area contributed by atoms with E-state index in [1.807, 2.05) is 6.92 Å². The van der Waals surface area contributed by atoms with Crippen molar-refractivity contribution in [1.29, 1.82) is 0 Å². The molecule has 0 aromatic carbocycles. The molecule has 1 atom stereocenters. The summed E-state index contributed by atoms with van der Waals surface area (Å²) in [5.74, 6) is -0.179. The maximum Gasteiger partial charge on any atom is 0.246 e. The number of fused-ring (bicyclic) bond motifs is 1. The molecule has 5 nitrogen and oxygen atoms in total. The van der Waals surface area contributed by atoms with Crippen LogP contribution in [0, 0.1) is 0 Å². The Morgan fingerprint density at radius 3 is 2.67 bits per heavy atom. The highest BCUT2D eigenvalue weighted by molar-refractivity contribution is 6.02. The molecule has 2 rings (SSSR count). The zero-order valence-corrected chi connectivity index (χ0v) is 8.73. The van der Waals surface area contributed by atoms with E-state index < -0.39 is 6.04 Å². The first-order valence-electron chi connectivity index (χ1n) is 5.23. The summed E-state index contributed by atoms with van der Waals surface area (Å²) in [7, 11) is 0. The van der Waals surface area contributed by atoms with Gasteiger partial charge in [0.15, 0.2) is 5.78 Å². The van der Waals surface area contributed by atoms with Crippen LogP contribution in [0.2, 0.25) is 0 Å². The van der Waals surface area contributed by atoms with Crippen molar-refractivity contribution in [2.24, 2.45) is 0 Å². The molecule has 2 aliphatic heterocycles. The Labute approximate surface area is 88.0 Å². The average Bonchev–Trinajstić information content (AvgIpc) is 2.57. The lowest BCUT2D eigenvalue weighted by Crippen LogP contribution is -2.57. The molecule has 2 amide bonds. The summed E-state index contributed by atoms with van der Waals surface area (Å²) in [5.41, 5.74) is 0. The van der Waals surface area contributed by atoms with Crippen LogP contribution >= 0.6 is 0 Å². The van der Waals surface area contributed by atoms with E-state index >= 15 is 0 Å². The lowest BCUT2D eigenvalue weighted by Gasteiger charge is -2.35. The van der Waals surface area contributed by atoms with E-state index in [2.05, 4.69) is 0 Å². The Morgan fingerprint density at radius 2 is 2.00 bits per heavy atom. The number of Topliss-reactive ketones (excluding diaryl/α,β-unsaturated/α-hetero) is 1. The molecule has 0 aromatic rings. The van der Waals surface area contributed by atoms with Crippen LogP contribution in [0.1, 0.15) is 19.8 Å². The minimum absolute atomic E-state index is 0.0138. The van der Waals surface area contributed by atoms with Gasteiger partial charge in [0.25, 0.3) is 0 Å². The summed E-state index contributed by atoms with van der Waals surface area (Å²) >= 11 is 0. The number of hydrogen-bond acceptors (Lipinski definition) is 3. The van der Waals surface area contributed by atoms with Crippen LogP contribution in [0.5, 0.6) is 0 Å². The molecule has 2 heterocycles. The Bertz CT molecular complexity index is 327. The molecule has 0 spiro atoms. The van der Waals surface area contributed by atoms with Gasteiger partial charge in [-0.2, -0.15) is 0 Å². The second-order valence-corrected chi connectivity index (χ2v) is 4.04. The minimum Gasteiger partial charge on any atom is -0.332 e. The molecular weight excluding hydrogens is 196 g/mol. The molecule has 82 valence electrons. The van der Waals surface area contributed by atoms with Gasteiger partial charge in [-0.1, -0.05) is 6.92 Å². The first kappa shape index (κ1) is 10.1. The lowest BCUT2D eigenvalue weighted by molar-refractivity contribution is -0.153. The normalized spacial score (nSPS) is 26.2. The maximum absolute atomic E-state index is 11.9. The first-order valence-corrected chi connectivity index (χ1v) is 5.23. The predicted octanol–water partition coefficient (Wildman–Crippen LogP) is -0.591. The van der Waals surface area contributed by atoms with Crippen molar-refractivity contribution in [1.82, 2.24) is 9.80 Å². The van der Waals surface area contributed by atoms with Gasteiger partial charge < -0.3 is 9.80 Å². The molecule has 0 aliphatic carbocycles. The van der Waals surface area contributed by atoms with Gasteiger partial charge in [-0.3, -0.25) is 14.4 Å². The summed E-state index contributed by atoms with van der Waals surface area (Å²) in [5, 5.41) is 0. The molecule has 0 aromatic heterocycles. The zero-order valence-electron chi connectivity index (χ0n) is 8.73. The summed E-state index contributed by atoms with van der Waals surface area (Å²) in [6, 6.07) is -0.509. The van der Waals surface area contributed by atoms with Crippen molar-refractivity contribution in [2.75, 3.05) is 19.6 Å². The molecule has 0 saturated carbocycles. The fourth-order valence-corrected chi connectivity index (χ4v) is 2.18. The summed E-state index contributed by atoms with van der Waals surface area (Å²) in [4.78, 5) is 37.7. The standard InChI is InChI=1S/C10H14N2O3/c1-2-3-11-6-9(14)12-5-7(13)4-8(12)10(11)15/h8H,2-6H2,1H3/t8-/m1/s1. The van der Waals surface area contributed by atoms with Crippen molar-refractivity contribution >= 4 is 17.6 Å². The molecule has 2 fully saturated rings. The Hall–Kier alpha value is -1.39. The largest absolute Gasteiger partial charge is 0.332 e. The van der Waals surface area contributed by atoms with Crippen molar-refractivity contribution in [3.63, 3.8) is 0 Å². The number of carbonyl (C=O) groups excluding carboxylic acids is 3. The summed E-state index contributed by atoms with van der Waals surface area (Å²) < 4.78 is 0. The molecule has 2 saturated heterocycles. The van der Waals surface area contributed by atoms with Gasteiger partial charge >= 0.3 is 0 Å². The number of hydrogen-bond donors (Lipinski definition) is 0. The minimum atomic E-state index is -0.509. The van der Waals surface area contributed by atoms with E-state index in [-0.39, 0.29) is 37.1 Å². The van der Waals surface area contributed by atoms with E-state index in [0.29, 0.717) is 6.54 Å². The van der Waals surface area contributed by atoms with Gasteiger partial charge in [-0.05, 0) is 6.42 Å². The molecular formula is C10H14N2O3. The van der Waals surface area contributed by atoms with Crippen LogP contribution in [0.15, 0.2) is 0 Å². The van der Waals surface area contributed by atoms with Gasteiger partial charge in [0.1, 0.15) is 6.04 Å². The third kappa shape index (κ3) is 1.62. The summed E-state index contributed by atoms with van der Waals surface area (Å²) in [6.07, 6.45) is 1.03. The number of nitrogens with zero attached hydrogens (tertiary/aromatic N) is 2. The molecule has 15 heavy (non-hydrogen) atoms. The second-order valence-electron chi connectivity index (χ2n) is 4.04. The first-order chi connectivity index (χ1) is 7.13. The Balaban J connectivity index is 2.17. The third-order valence-electron chi connectivity index (χ3n) is 2.88. The van der Waals surface area contributed by atoms with Gasteiger partial charge in [-0.15, -0.1) is 0 Å². The number of piperazine rings is 1. The number of carbonyl (C=O) groups is 3. The zero-order chi connectivity index (χ0) is 11.0. The maximum atomic E-state index is 11.9. The SMILES string of the molecule is CCCN1CC(=O)N2CC(=O)C[C@@H]2C1=O. The molecule has 0 unspecified atom stereocenters. The highest BCUT2D eigenvalue weighted by Crippen LogP contribution is 2.21. The predicted molar refractivity (Wildman–Crippen MR) is 52.0 cm³/mol. The van der Waals surface area contributed by atoms with Gasteiger partial charge in [0, 0.05) is 13.0 Å². The quantitative estimate of drug-likeness (QED) is 0.612. The highest BCUT2D eigenvalue weighted by atomic mass is 16.2. The molecule has 0 radical (unpaired) electrons. The average molecular weight is 210 g/mol. The van der Waals surface area contributed by atoms with Crippen molar-refractivity contribution in [3.8, 4) is 0 Å². The van der Waals surface area contributed by atoms with E-state index in [1.165, 1.54) is 4.90 Å². The van der Waals surface area contributed by atoms with E-state index in [9.17, 15) is 14.4 Å².